The number of nitrogens with one attached hydrogen (secondary N) is 1. The fraction of sp³-hybridized carbons (Fsp3) is 0. The molecule has 2 N–H and O–H groups in total. The summed E-state index contributed by atoms with van der Waals surface area (Å²) in [5.74, 6) is 0. The molecular weight excluding hydrogens is 186 g/mol. The molecule has 0 aliphatic heterocycles. The Morgan fingerprint density at radius 3 is 2.71 bits per heavy atom. The Kier molecular flexibility index (Phi) is 3.45. The lowest BCUT2D eigenvalue weighted by molar-refractivity contribution is 0.389. The molecule has 6 nitrogen and oxygen atoms in total. The van der Waals surface area contributed by atoms with Gasteiger partial charge in [-0.1, -0.05) is 6.07 Å². The molecule has 1 rings (SSSR count). The van der Waals surface area contributed by atoms with Crippen LogP contribution < -0.4 is 5.48 Å². The van der Waals surface area contributed by atoms with E-state index in [2.05, 4.69) is 10.4 Å². The van der Waals surface area contributed by atoms with Crippen molar-refractivity contribution in [3.05, 3.63) is 39.8 Å². The highest BCUT2D eigenvalue weighted by Crippen LogP contribution is 2.25. The molecule has 1 aromatic rings. The number of anilines is 1. The summed E-state index contributed by atoms with van der Waals surface area (Å²) in [6.07, 6.45) is 2.49. The summed E-state index contributed by atoms with van der Waals surface area (Å²) < 4.78 is 0. The van der Waals surface area contributed by atoms with Gasteiger partial charge in [0.15, 0.2) is 0 Å². The highest BCUT2D eigenvalue weighted by Gasteiger charge is 2.01. The number of hydrogen-bond acceptors (Lipinski definition) is 6. The SMILES string of the molecule is O=N/C=C/c1ccc(N=O)c(NO)c1. The summed E-state index contributed by atoms with van der Waals surface area (Å²) in [6, 6.07) is 4.44. The first-order chi connectivity index (χ1) is 6.81. The number of benzene rings is 1. The fourth-order valence-electron chi connectivity index (χ4n) is 0.943. The number of rotatable bonds is 4. The molecule has 0 unspecified atom stereocenters. The maximum atomic E-state index is 10.2. The zero-order valence-electron chi connectivity index (χ0n) is 7.04. The first-order valence-corrected chi connectivity index (χ1v) is 3.68. The van der Waals surface area contributed by atoms with Gasteiger partial charge >= 0.3 is 0 Å². The molecule has 0 amide bonds. The van der Waals surface area contributed by atoms with Gasteiger partial charge < -0.3 is 0 Å². The van der Waals surface area contributed by atoms with E-state index >= 15 is 0 Å². The average Bonchev–Trinajstić information content (AvgIpc) is 2.25. The van der Waals surface area contributed by atoms with Gasteiger partial charge in [-0.2, -0.15) is 0 Å². The van der Waals surface area contributed by atoms with Gasteiger partial charge in [0.2, 0.25) is 0 Å². The minimum Gasteiger partial charge on any atom is -0.291 e. The van der Waals surface area contributed by atoms with Crippen LogP contribution in [0.5, 0.6) is 0 Å². The highest BCUT2D eigenvalue weighted by molar-refractivity contribution is 5.69. The lowest BCUT2D eigenvalue weighted by Gasteiger charge is -2.01. The summed E-state index contributed by atoms with van der Waals surface area (Å²) in [5.41, 5.74) is 2.71. The van der Waals surface area contributed by atoms with Gasteiger partial charge in [0, 0.05) is 0 Å². The van der Waals surface area contributed by atoms with E-state index in [0.717, 1.165) is 6.20 Å². The molecule has 0 radical (unpaired) electrons. The van der Waals surface area contributed by atoms with E-state index < -0.39 is 0 Å². The molecule has 0 saturated carbocycles. The molecule has 0 aliphatic rings. The highest BCUT2D eigenvalue weighted by atomic mass is 16.5. The van der Waals surface area contributed by atoms with Crippen LogP contribution >= 0.6 is 0 Å². The van der Waals surface area contributed by atoms with Crippen LogP contribution in [-0.4, -0.2) is 5.21 Å². The summed E-state index contributed by atoms with van der Waals surface area (Å²) >= 11 is 0. The minimum absolute atomic E-state index is 0.0868. The molecule has 1 aromatic carbocycles. The van der Waals surface area contributed by atoms with Gasteiger partial charge in [0.05, 0.1) is 11.9 Å². The molecule has 0 atom stereocenters. The van der Waals surface area contributed by atoms with Crippen molar-refractivity contribution in [1.82, 2.24) is 0 Å². The lowest BCUT2D eigenvalue weighted by atomic mass is 10.2. The van der Waals surface area contributed by atoms with Crippen molar-refractivity contribution in [1.29, 1.82) is 0 Å². The van der Waals surface area contributed by atoms with Crippen LogP contribution in [0.3, 0.4) is 0 Å². The Morgan fingerprint density at radius 1 is 1.36 bits per heavy atom. The van der Waals surface area contributed by atoms with E-state index in [1.165, 1.54) is 18.2 Å². The first-order valence-electron chi connectivity index (χ1n) is 3.68. The third-order valence-electron chi connectivity index (χ3n) is 1.57. The molecule has 0 fully saturated rings. The van der Waals surface area contributed by atoms with E-state index in [9.17, 15) is 9.81 Å². The fourth-order valence-corrected chi connectivity index (χ4v) is 0.943. The second-order valence-electron chi connectivity index (χ2n) is 2.40. The molecule has 0 aliphatic carbocycles. The van der Waals surface area contributed by atoms with Crippen LogP contribution in [0.4, 0.5) is 11.4 Å². The third kappa shape index (κ3) is 2.20. The Balaban J connectivity index is 3.06. The Hall–Kier alpha value is -2.08. The van der Waals surface area contributed by atoms with Crippen LogP contribution in [-0.2, 0) is 0 Å². The molecule has 0 heterocycles. The molecule has 0 spiro atoms. The lowest BCUT2D eigenvalue weighted by Crippen LogP contribution is -1.89. The van der Waals surface area contributed by atoms with Crippen molar-refractivity contribution < 1.29 is 5.21 Å². The number of hydrogen-bond donors (Lipinski definition) is 2. The summed E-state index contributed by atoms with van der Waals surface area (Å²) in [7, 11) is 0. The minimum atomic E-state index is 0.0868. The van der Waals surface area contributed by atoms with Gasteiger partial charge in [0.1, 0.15) is 5.69 Å². The van der Waals surface area contributed by atoms with Crippen molar-refractivity contribution >= 4 is 17.5 Å². The zero-order valence-corrected chi connectivity index (χ0v) is 7.04. The quantitative estimate of drug-likeness (QED) is 0.567. The molecule has 0 aromatic heterocycles. The first kappa shape index (κ1) is 10.0. The van der Waals surface area contributed by atoms with Gasteiger partial charge in [-0.05, 0) is 34.1 Å². The van der Waals surface area contributed by atoms with Gasteiger partial charge in [-0.15, -0.1) is 9.81 Å². The van der Waals surface area contributed by atoms with E-state index in [1.807, 2.05) is 5.48 Å². The zero-order chi connectivity index (χ0) is 10.4. The Labute approximate surface area is 79.2 Å². The van der Waals surface area contributed by atoms with Gasteiger partial charge in [0.25, 0.3) is 0 Å². The summed E-state index contributed by atoms with van der Waals surface area (Å²) in [6.45, 7) is 0. The maximum Gasteiger partial charge on any atom is 0.133 e. The maximum absolute atomic E-state index is 10.2. The van der Waals surface area contributed by atoms with Crippen molar-refractivity contribution in [2.45, 2.75) is 0 Å². The molecule has 0 saturated heterocycles. The van der Waals surface area contributed by atoms with E-state index in [0.29, 0.717) is 5.56 Å². The largest absolute Gasteiger partial charge is 0.291 e. The number of nitroso groups, excluding NO2 is 2. The second kappa shape index (κ2) is 4.83. The number of nitrogens with zero attached hydrogens (tertiary/aromatic N) is 2. The molecule has 72 valence electrons. The van der Waals surface area contributed by atoms with E-state index in [4.69, 9.17) is 5.21 Å². The predicted molar refractivity (Wildman–Crippen MR) is 52.1 cm³/mol. The second-order valence-corrected chi connectivity index (χ2v) is 2.40. The van der Waals surface area contributed by atoms with Crippen LogP contribution in [0.2, 0.25) is 0 Å². The average molecular weight is 193 g/mol. The Morgan fingerprint density at radius 2 is 2.14 bits per heavy atom. The smallest absolute Gasteiger partial charge is 0.133 e. The van der Waals surface area contributed by atoms with Crippen molar-refractivity contribution in [2.75, 3.05) is 5.48 Å². The summed E-state index contributed by atoms with van der Waals surface area (Å²) in [5, 5.41) is 13.9. The van der Waals surface area contributed by atoms with Gasteiger partial charge in [-0.3, -0.25) is 10.7 Å². The standard InChI is InChI=1S/C8H7N3O3/c12-9-4-3-6-1-2-7(10-13)8(5-6)11-14/h1-5,11,14H/b4-3+. The van der Waals surface area contributed by atoms with Crippen molar-refractivity contribution in [3.8, 4) is 0 Å². The molecule has 14 heavy (non-hydrogen) atoms. The normalized spacial score (nSPS) is 10.1. The third-order valence-corrected chi connectivity index (χ3v) is 1.57. The van der Waals surface area contributed by atoms with Crippen LogP contribution in [0.25, 0.3) is 6.08 Å². The Bertz CT molecular complexity index is 376. The van der Waals surface area contributed by atoms with Crippen molar-refractivity contribution in [2.24, 2.45) is 10.4 Å². The van der Waals surface area contributed by atoms with Crippen molar-refractivity contribution in [3.63, 3.8) is 0 Å². The monoisotopic (exact) mass is 193 g/mol. The molecular formula is C8H7N3O3. The van der Waals surface area contributed by atoms with Crippen LogP contribution in [0.1, 0.15) is 5.56 Å². The van der Waals surface area contributed by atoms with Crippen LogP contribution in [0.15, 0.2) is 34.8 Å². The van der Waals surface area contributed by atoms with E-state index in [-0.39, 0.29) is 11.4 Å². The van der Waals surface area contributed by atoms with Gasteiger partial charge in [-0.25, -0.2) is 0 Å². The molecule has 0 bridgehead atoms. The van der Waals surface area contributed by atoms with Crippen LogP contribution in [0, 0.1) is 9.81 Å². The predicted octanol–water partition coefficient (Wildman–Crippen LogP) is 2.62. The molecule has 6 heteroatoms. The summed E-state index contributed by atoms with van der Waals surface area (Å²) in [4.78, 5) is 20.0. The van der Waals surface area contributed by atoms with E-state index in [1.54, 1.807) is 6.07 Å². The topological polar surface area (TPSA) is 91.1 Å².